The number of fused-ring (bicyclic) bond motifs is 1. The molecule has 1 amide bonds. The molecule has 3 aromatic carbocycles. The first kappa shape index (κ1) is 21.9. The molecule has 0 aliphatic rings. The van der Waals surface area contributed by atoms with Gasteiger partial charge >= 0.3 is 0 Å². The zero-order valence-electron chi connectivity index (χ0n) is 19.3. The fourth-order valence-electron chi connectivity index (χ4n) is 4.04. The van der Waals surface area contributed by atoms with Crippen LogP contribution in [0.1, 0.15) is 26.6 Å². The van der Waals surface area contributed by atoms with Crippen molar-refractivity contribution in [1.82, 2.24) is 25.1 Å². The molecule has 0 fully saturated rings. The molecule has 8 nitrogen and oxygen atoms in total. The summed E-state index contributed by atoms with van der Waals surface area (Å²) in [7, 11) is 0. The summed E-state index contributed by atoms with van der Waals surface area (Å²) in [5.41, 5.74) is 4.48. The number of carbonyl (C=O) groups is 1. The molecule has 0 aliphatic carbocycles. The highest BCUT2D eigenvalue weighted by Crippen LogP contribution is 2.30. The van der Waals surface area contributed by atoms with Crippen LogP contribution in [0, 0.1) is 6.92 Å². The van der Waals surface area contributed by atoms with Crippen LogP contribution in [0.3, 0.4) is 0 Å². The van der Waals surface area contributed by atoms with Crippen molar-refractivity contribution in [2.24, 2.45) is 0 Å². The molecule has 0 aliphatic heterocycles. The fourth-order valence-corrected chi connectivity index (χ4v) is 4.89. The van der Waals surface area contributed by atoms with E-state index >= 15 is 0 Å². The number of hydrogen-bond donors (Lipinski definition) is 1. The molecule has 6 rings (SSSR count). The van der Waals surface area contributed by atoms with Crippen molar-refractivity contribution in [2.45, 2.75) is 13.3 Å². The van der Waals surface area contributed by atoms with E-state index in [2.05, 4.69) is 37.9 Å². The van der Waals surface area contributed by atoms with Crippen LogP contribution >= 0.6 is 11.3 Å². The monoisotopic (exact) mass is 492 g/mol. The molecule has 0 unspecified atom stereocenters. The van der Waals surface area contributed by atoms with Gasteiger partial charge in [-0.1, -0.05) is 71.0 Å². The molecule has 0 atom stereocenters. The zero-order valence-corrected chi connectivity index (χ0v) is 20.1. The average Bonchev–Trinajstić information content (AvgIpc) is 3.63. The Labute approximate surface area is 210 Å². The summed E-state index contributed by atoms with van der Waals surface area (Å²) < 4.78 is 7.24. The minimum Gasteiger partial charge on any atom is -0.355 e. The van der Waals surface area contributed by atoms with E-state index in [9.17, 15) is 4.79 Å². The van der Waals surface area contributed by atoms with E-state index < -0.39 is 0 Å². The first-order chi connectivity index (χ1) is 17.7. The molecule has 9 heteroatoms. The minimum absolute atomic E-state index is 0.239. The first-order valence-electron chi connectivity index (χ1n) is 11.3. The fraction of sp³-hybridized carbons (Fsp3) is 0.0741. The van der Waals surface area contributed by atoms with Crippen LogP contribution in [-0.2, 0) is 6.42 Å². The van der Waals surface area contributed by atoms with E-state index in [0.29, 0.717) is 16.6 Å². The minimum atomic E-state index is -0.351. The number of rotatable bonds is 6. The highest BCUT2D eigenvalue weighted by atomic mass is 32.1. The van der Waals surface area contributed by atoms with Gasteiger partial charge in [0.25, 0.3) is 5.91 Å². The highest BCUT2D eigenvalue weighted by molar-refractivity contribution is 7.15. The molecule has 3 aromatic heterocycles. The van der Waals surface area contributed by atoms with E-state index in [1.165, 1.54) is 16.9 Å². The lowest BCUT2D eigenvalue weighted by Gasteiger charge is -2.04. The first-order valence-corrected chi connectivity index (χ1v) is 12.1. The van der Waals surface area contributed by atoms with Crippen LogP contribution in [-0.4, -0.2) is 31.0 Å². The maximum atomic E-state index is 13.0. The van der Waals surface area contributed by atoms with E-state index in [4.69, 9.17) is 4.52 Å². The third kappa shape index (κ3) is 4.16. The van der Waals surface area contributed by atoms with Crippen LogP contribution < -0.4 is 5.32 Å². The molecule has 0 spiro atoms. The molecule has 0 saturated carbocycles. The third-order valence-corrected chi connectivity index (χ3v) is 6.76. The number of benzene rings is 3. The number of anilines is 1. The number of hydrogen-bond acceptors (Lipinski definition) is 7. The smallest absolute Gasteiger partial charge is 0.279 e. The van der Waals surface area contributed by atoms with Gasteiger partial charge < -0.3 is 4.52 Å². The lowest BCUT2D eigenvalue weighted by Crippen LogP contribution is -2.14. The van der Waals surface area contributed by atoms with E-state index in [1.807, 2.05) is 73.7 Å². The van der Waals surface area contributed by atoms with Crippen LogP contribution in [0.25, 0.3) is 27.9 Å². The van der Waals surface area contributed by atoms with Crippen molar-refractivity contribution in [1.29, 1.82) is 0 Å². The molecule has 36 heavy (non-hydrogen) atoms. The average molecular weight is 493 g/mol. The summed E-state index contributed by atoms with van der Waals surface area (Å²) in [5, 5.41) is 16.8. The van der Waals surface area contributed by atoms with E-state index in [-0.39, 0.29) is 11.6 Å². The number of amides is 1. The van der Waals surface area contributed by atoms with E-state index in [1.54, 1.807) is 10.9 Å². The Kier molecular flexibility index (Phi) is 5.59. The van der Waals surface area contributed by atoms with Gasteiger partial charge in [0, 0.05) is 23.1 Å². The summed E-state index contributed by atoms with van der Waals surface area (Å²) in [4.78, 5) is 18.4. The summed E-state index contributed by atoms with van der Waals surface area (Å²) in [6, 6.07) is 25.6. The third-order valence-electron chi connectivity index (χ3n) is 5.85. The van der Waals surface area contributed by atoms with Crippen LogP contribution in [0.5, 0.6) is 0 Å². The van der Waals surface area contributed by atoms with Crippen molar-refractivity contribution >= 4 is 33.3 Å². The van der Waals surface area contributed by atoms with Gasteiger partial charge in [0.2, 0.25) is 0 Å². The summed E-state index contributed by atoms with van der Waals surface area (Å²) in [6.45, 7) is 1.81. The molecular weight excluding hydrogens is 472 g/mol. The van der Waals surface area contributed by atoms with Gasteiger partial charge in [0.05, 0.1) is 16.8 Å². The second kappa shape index (κ2) is 9.20. The predicted octanol–water partition coefficient (Wildman–Crippen LogP) is 5.68. The largest absolute Gasteiger partial charge is 0.355 e. The number of aromatic nitrogens is 5. The number of nitrogens with one attached hydrogen (secondary N) is 1. The second-order valence-electron chi connectivity index (χ2n) is 8.26. The molecular formula is C27H20N6O2S. The Morgan fingerprint density at radius 2 is 1.81 bits per heavy atom. The van der Waals surface area contributed by atoms with Crippen LogP contribution in [0.4, 0.5) is 5.13 Å². The lowest BCUT2D eigenvalue weighted by atomic mass is 10.1. The zero-order chi connectivity index (χ0) is 24.5. The van der Waals surface area contributed by atoms with E-state index in [0.717, 1.165) is 33.5 Å². The standard InChI is InChI=1S/C27H20N6O2S/c1-17-24(26(34)29-27-28-16-21(36-27)14-18-8-4-2-5-9-18)30-32-33(17)20-12-13-23-22(15-20)25(35-31-23)19-10-6-3-7-11-19/h2-13,15-16H,14H2,1H3,(H,28,29,34). The Hall–Kier alpha value is -4.63. The highest BCUT2D eigenvalue weighted by Gasteiger charge is 2.20. The maximum Gasteiger partial charge on any atom is 0.279 e. The summed E-state index contributed by atoms with van der Waals surface area (Å²) in [5.74, 6) is 0.327. The van der Waals surface area contributed by atoms with Crippen molar-refractivity contribution < 1.29 is 9.32 Å². The topological polar surface area (TPSA) is 98.7 Å². The Morgan fingerprint density at radius 3 is 2.61 bits per heavy atom. The molecule has 0 saturated heterocycles. The van der Waals surface area contributed by atoms with Gasteiger partial charge in [-0.15, -0.1) is 16.4 Å². The lowest BCUT2D eigenvalue weighted by molar-refractivity contribution is 0.102. The normalized spacial score (nSPS) is 11.1. The van der Waals surface area contributed by atoms with Crippen molar-refractivity contribution in [3.05, 3.63) is 107 Å². The van der Waals surface area contributed by atoms with Gasteiger partial charge in [-0.05, 0) is 30.7 Å². The summed E-state index contributed by atoms with van der Waals surface area (Å²) >= 11 is 1.45. The molecule has 3 heterocycles. The Balaban J connectivity index is 1.24. The number of thiazole rings is 1. The molecule has 0 radical (unpaired) electrons. The molecule has 6 aromatic rings. The maximum absolute atomic E-state index is 13.0. The van der Waals surface area contributed by atoms with Gasteiger partial charge in [-0.2, -0.15) is 0 Å². The Bertz CT molecular complexity index is 1670. The second-order valence-corrected chi connectivity index (χ2v) is 9.38. The van der Waals surface area contributed by atoms with Gasteiger partial charge in [-0.25, -0.2) is 9.67 Å². The van der Waals surface area contributed by atoms with Crippen molar-refractivity contribution in [2.75, 3.05) is 5.32 Å². The molecule has 1 N–H and O–H groups in total. The molecule has 176 valence electrons. The van der Waals surface area contributed by atoms with Gasteiger partial charge in [0.1, 0.15) is 5.52 Å². The van der Waals surface area contributed by atoms with Crippen molar-refractivity contribution in [3.63, 3.8) is 0 Å². The van der Waals surface area contributed by atoms with Crippen LogP contribution in [0.15, 0.2) is 89.6 Å². The summed E-state index contributed by atoms with van der Waals surface area (Å²) in [6.07, 6.45) is 2.55. The molecule has 0 bridgehead atoms. The van der Waals surface area contributed by atoms with Crippen LogP contribution in [0.2, 0.25) is 0 Å². The Morgan fingerprint density at radius 1 is 1.03 bits per heavy atom. The number of carbonyl (C=O) groups excluding carboxylic acids is 1. The van der Waals surface area contributed by atoms with Gasteiger partial charge in [-0.3, -0.25) is 10.1 Å². The SMILES string of the molecule is Cc1c(C(=O)Nc2ncc(Cc3ccccc3)s2)nnn1-c1ccc2noc(-c3ccccc3)c2c1. The predicted molar refractivity (Wildman–Crippen MR) is 138 cm³/mol. The van der Waals surface area contributed by atoms with Crippen molar-refractivity contribution in [3.8, 4) is 17.0 Å². The van der Waals surface area contributed by atoms with Gasteiger partial charge in [0.15, 0.2) is 16.6 Å². The number of nitrogens with zero attached hydrogens (tertiary/aromatic N) is 5. The quantitative estimate of drug-likeness (QED) is 0.321.